The number of carbonyl (C=O) groups excluding carboxylic acids is 2. The van der Waals surface area contributed by atoms with E-state index in [2.05, 4.69) is 26.1 Å². The molecule has 1 saturated heterocycles. The quantitative estimate of drug-likeness (QED) is 0.769. The molecule has 0 atom stereocenters. The first kappa shape index (κ1) is 19.8. The summed E-state index contributed by atoms with van der Waals surface area (Å²) in [6.45, 7) is 6.19. The number of furan rings is 1. The van der Waals surface area contributed by atoms with Crippen LogP contribution in [0.3, 0.4) is 0 Å². The Bertz CT molecular complexity index is 843. The smallest absolute Gasteiger partial charge is 0.256 e. The van der Waals surface area contributed by atoms with Crippen LogP contribution in [0.4, 0.5) is 5.69 Å². The molecule has 0 unspecified atom stereocenters. The molecule has 1 aromatic carbocycles. The zero-order valence-electron chi connectivity index (χ0n) is 15.2. The minimum Gasteiger partial charge on any atom is -0.465 e. The van der Waals surface area contributed by atoms with Gasteiger partial charge in [-0.25, -0.2) is 0 Å². The maximum atomic E-state index is 12.4. The van der Waals surface area contributed by atoms with Gasteiger partial charge in [0.25, 0.3) is 5.91 Å². The highest BCUT2D eigenvalue weighted by atomic mass is 79.9. The number of anilines is 1. The predicted molar refractivity (Wildman–Crippen MR) is 108 cm³/mol. The Balaban J connectivity index is 1.51. The molecule has 2 heterocycles. The van der Waals surface area contributed by atoms with Gasteiger partial charge in [0, 0.05) is 36.9 Å². The fourth-order valence-electron chi connectivity index (χ4n) is 3.14. The lowest BCUT2D eigenvalue weighted by molar-refractivity contribution is -0.130. The minimum absolute atomic E-state index is 0.0319. The number of piperazine rings is 1. The van der Waals surface area contributed by atoms with Crippen LogP contribution in [0.2, 0.25) is 5.02 Å². The summed E-state index contributed by atoms with van der Waals surface area (Å²) in [6.07, 6.45) is 0. The second kappa shape index (κ2) is 8.35. The minimum atomic E-state index is -0.315. The van der Waals surface area contributed by atoms with Crippen molar-refractivity contribution in [1.29, 1.82) is 0 Å². The highest BCUT2D eigenvalue weighted by Crippen LogP contribution is 2.27. The molecule has 8 heteroatoms. The number of rotatable bonds is 4. The Kier molecular flexibility index (Phi) is 6.11. The number of carbonyl (C=O) groups is 2. The van der Waals surface area contributed by atoms with Gasteiger partial charge < -0.3 is 19.5 Å². The van der Waals surface area contributed by atoms with Crippen molar-refractivity contribution in [3.8, 4) is 0 Å². The van der Waals surface area contributed by atoms with Crippen molar-refractivity contribution in [1.82, 2.24) is 10.2 Å². The standard InChI is InChI=1S/C19H21BrClN3O3/c1-12-17(18(20)13(2)27-12)19(26)22-11-16(25)24-9-7-23(8-10-24)15-5-3-14(21)4-6-15/h3-6H,7-11H2,1-2H3,(H,22,26). The molecule has 0 bridgehead atoms. The van der Waals surface area contributed by atoms with E-state index in [1.807, 2.05) is 24.3 Å². The molecule has 0 saturated carbocycles. The van der Waals surface area contributed by atoms with E-state index in [1.54, 1.807) is 18.7 Å². The number of halogens is 2. The summed E-state index contributed by atoms with van der Waals surface area (Å²) in [4.78, 5) is 28.8. The van der Waals surface area contributed by atoms with Crippen molar-refractivity contribution < 1.29 is 14.0 Å². The molecule has 1 aromatic heterocycles. The number of hydrogen-bond donors (Lipinski definition) is 1. The average molecular weight is 455 g/mol. The SMILES string of the molecule is Cc1oc(C)c(C(=O)NCC(=O)N2CCN(c3ccc(Cl)cc3)CC2)c1Br. The van der Waals surface area contributed by atoms with Crippen LogP contribution in [0, 0.1) is 13.8 Å². The second-order valence-corrected chi connectivity index (χ2v) is 7.66. The molecule has 27 heavy (non-hydrogen) atoms. The topological polar surface area (TPSA) is 65.8 Å². The van der Waals surface area contributed by atoms with E-state index in [4.69, 9.17) is 16.0 Å². The van der Waals surface area contributed by atoms with Gasteiger partial charge in [0.05, 0.1) is 16.6 Å². The molecule has 6 nitrogen and oxygen atoms in total. The Labute approximate surface area is 171 Å². The molecule has 3 rings (SSSR count). The zero-order valence-corrected chi connectivity index (χ0v) is 17.6. The van der Waals surface area contributed by atoms with Gasteiger partial charge in [0.15, 0.2) is 0 Å². The lowest BCUT2D eigenvalue weighted by Crippen LogP contribution is -2.51. The van der Waals surface area contributed by atoms with Gasteiger partial charge in [-0.2, -0.15) is 0 Å². The zero-order chi connectivity index (χ0) is 19.6. The number of amides is 2. The summed E-state index contributed by atoms with van der Waals surface area (Å²) in [6, 6.07) is 7.68. The summed E-state index contributed by atoms with van der Waals surface area (Å²) in [5.41, 5.74) is 1.53. The molecule has 2 aromatic rings. The fraction of sp³-hybridized carbons (Fsp3) is 0.368. The van der Waals surface area contributed by atoms with Crippen molar-refractivity contribution in [2.75, 3.05) is 37.6 Å². The predicted octanol–water partition coefficient (Wildman–Crippen LogP) is 3.39. The second-order valence-electron chi connectivity index (χ2n) is 6.43. The van der Waals surface area contributed by atoms with Crippen molar-refractivity contribution in [3.63, 3.8) is 0 Å². The van der Waals surface area contributed by atoms with Crippen molar-refractivity contribution in [2.24, 2.45) is 0 Å². The molecule has 0 radical (unpaired) electrons. The largest absolute Gasteiger partial charge is 0.465 e. The van der Waals surface area contributed by atoms with Crippen molar-refractivity contribution in [2.45, 2.75) is 13.8 Å². The normalized spacial score (nSPS) is 14.4. The van der Waals surface area contributed by atoms with Crippen LogP contribution in [0.5, 0.6) is 0 Å². The number of nitrogens with one attached hydrogen (secondary N) is 1. The van der Waals surface area contributed by atoms with Crippen LogP contribution in [-0.2, 0) is 4.79 Å². The highest BCUT2D eigenvalue weighted by Gasteiger charge is 2.24. The maximum Gasteiger partial charge on any atom is 0.256 e. The van der Waals surface area contributed by atoms with Crippen molar-refractivity contribution in [3.05, 3.63) is 50.8 Å². The van der Waals surface area contributed by atoms with Crippen LogP contribution in [0.1, 0.15) is 21.9 Å². The molecule has 0 spiro atoms. The van der Waals surface area contributed by atoms with Gasteiger partial charge in [-0.15, -0.1) is 0 Å². The average Bonchev–Trinajstić information content (AvgIpc) is 2.92. The number of hydrogen-bond acceptors (Lipinski definition) is 4. The molecule has 1 fully saturated rings. The molecule has 1 N–H and O–H groups in total. The summed E-state index contributed by atoms with van der Waals surface area (Å²) < 4.78 is 6.06. The molecular formula is C19H21BrClN3O3. The third-order valence-electron chi connectivity index (χ3n) is 4.64. The van der Waals surface area contributed by atoms with Gasteiger partial charge in [-0.1, -0.05) is 11.6 Å². The summed E-state index contributed by atoms with van der Waals surface area (Å²) >= 11 is 9.28. The third-order valence-corrected chi connectivity index (χ3v) is 5.85. The molecular weight excluding hydrogens is 434 g/mol. The highest BCUT2D eigenvalue weighted by molar-refractivity contribution is 9.10. The number of aryl methyl sites for hydroxylation is 2. The lowest BCUT2D eigenvalue weighted by Gasteiger charge is -2.36. The first-order valence-electron chi connectivity index (χ1n) is 8.69. The van der Waals surface area contributed by atoms with E-state index in [-0.39, 0.29) is 18.4 Å². The van der Waals surface area contributed by atoms with E-state index in [0.29, 0.717) is 39.7 Å². The first-order chi connectivity index (χ1) is 12.9. The van der Waals surface area contributed by atoms with Crippen LogP contribution in [0.15, 0.2) is 33.2 Å². The van der Waals surface area contributed by atoms with E-state index in [0.717, 1.165) is 18.8 Å². The summed E-state index contributed by atoms with van der Waals surface area (Å²) in [5, 5.41) is 3.40. The van der Waals surface area contributed by atoms with E-state index in [1.165, 1.54) is 0 Å². The molecule has 144 valence electrons. The van der Waals surface area contributed by atoms with Crippen LogP contribution >= 0.6 is 27.5 Å². The van der Waals surface area contributed by atoms with Crippen LogP contribution in [-0.4, -0.2) is 49.4 Å². The third kappa shape index (κ3) is 4.47. The Hall–Kier alpha value is -1.99. The van der Waals surface area contributed by atoms with Crippen LogP contribution < -0.4 is 10.2 Å². The van der Waals surface area contributed by atoms with Crippen LogP contribution in [0.25, 0.3) is 0 Å². The number of benzene rings is 1. The summed E-state index contributed by atoms with van der Waals surface area (Å²) in [7, 11) is 0. The maximum absolute atomic E-state index is 12.4. The first-order valence-corrected chi connectivity index (χ1v) is 9.86. The Morgan fingerprint density at radius 3 is 2.30 bits per heavy atom. The Morgan fingerprint density at radius 2 is 1.74 bits per heavy atom. The Morgan fingerprint density at radius 1 is 1.11 bits per heavy atom. The molecule has 1 aliphatic rings. The molecule has 1 aliphatic heterocycles. The van der Waals surface area contributed by atoms with E-state index >= 15 is 0 Å². The summed E-state index contributed by atoms with van der Waals surface area (Å²) in [5.74, 6) is 0.765. The van der Waals surface area contributed by atoms with Gasteiger partial charge in [-0.05, 0) is 54.0 Å². The molecule has 2 amide bonds. The van der Waals surface area contributed by atoms with Gasteiger partial charge >= 0.3 is 0 Å². The van der Waals surface area contributed by atoms with Crippen molar-refractivity contribution >= 4 is 45.0 Å². The lowest BCUT2D eigenvalue weighted by atomic mass is 10.2. The molecule has 0 aliphatic carbocycles. The van der Waals surface area contributed by atoms with Gasteiger partial charge in [-0.3, -0.25) is 9.59 Å². The van der Waals surface area contributed by atoms with Gasteiger partial charge in [0.2, 0.25) is 5.91 Å². The van der Waals surface area contributed by atoms with E-state index < -0.39 is 0 Å². The van der Waals surface area contributed by atoms with Gasteiger partial charge in [0.1, 0.15) is 11.5 Å². The fourth-order valence-corrected chi connectivity index (χ4v) is 3.80. The number of nitrogens with zero attached hydrogens (tertiary/aromatic N) is 2. The van der Waals surface area contributed by atoms with E-state index in [9.17, 15) is 9.59 Å². The monoisotopic (exact) mass is 453 g/mol.